The van der Waals surface area contributed by atoms with Crippen molar-refractivity contribution in [3.63, 3.8) is 0 Å². The van der Waals surface area contributed by atoms with Crippen LogP contribution in [0.2, 0.25) is 0 Å². The summed E-state index contributed by atoms with van der Waals surface area (Å²) in [5, 5.41) is 2.13. The summed E-state index contributed by atoms with van der Waals surface area (Å²) in [7, 11) is 19.3. The molecule has 10 bridgehead atoms. The monoisotopic (exact) mass is 1320 g/mol. The highest BCUT2D eigenvalue weighted by Crippen LogP contribution is 2.56. The lowest BCUT2D eigenvalue weighted by Gasteiger charge is -2.60. The zero-order chi connectivity index (χ0) is 63.5. The highest BCUT2D eigenvalue weighted by atomic mass is 31.1. The maximum Gasteiger partial charge on any atom is 0.316 e. The minimum absolute atomic E-state index is 0.0672. The molecule has 12 heterocycles. The van der Waals surface area contributed by atoms with E-state index >= 15 is 0 Å². The van der Waals surface area contributed by atoms with Crippen molar-refractivity contribution < 1.29 is 123 Å². The molecule has 28 atom stereocenters. The van der Waals surface area contributed by atoms with E-state index in [1.165, 1.54) is 42.7 Å². The third-order valence-electron chi connectivity index (χ3n) is 19.1. The summed E-state index contributed by atoms with van der Waals surface area (Å²) in [6.45, 7) is -0.120. The van der Waals surface area contributed by atoms with Crippen LogP contribution in [0.15, 0.2) is 60.7 Å². The zero-order valence-electron chi connectivity index (χ0n) is 54.1. The van der Waals surface area contributed by atoms with Crippen LogP contribution in [0.3, 0.4) is 0 Å². The Bertz CT molecular complexity index is 2370. The number of benzene rings is 2. The topological polar surface area (TPSA) is 240 Å². The van der Waals surface area contributed by atoms with Gasteiger partial charge in [0.05, 0.1) is 50.8 Å². The number of methoxy groups -OCH3 is 14. The van der Waals surface area contributed by atoms with Crippen LogP contribution in [0.25, 0.3) is 0 Å². The largest absolute Gasteiger partial charge is 0.382 e. The van der Waals surface area contributed by atoms with Gasteiger partial charge in [-0.25, -0.2) is 0 Å². The standard InChI is InChI=1S/C62H94O26P2/c1-63-27-41-47-49(69-7)51(71-9)57(79-41)85-59-45(77-29-43(67-5)53(59)73-11)33-90(38-23-19-16-20-24-38)32-36-26-40(66-4)56(76-14)62(82-36,88-59)84-48-42(28-64-2)80-58(52(72-10)50(48)70-8)86-60-46(78-30-44(68-6)54(60)74-12)34-89(37-21-17-15-18-22-37)31-35-25-39(65-3)55(75-13)61(81-35,83-47)87-60/h15-24,35-36,39-58H,25-34H2,1-14H3/t35-,36-,39-,40-,41+,42+,43-,44?,45+,46+,47+,48+,49-,50-,51+,52+,53+,54+,55+,56+,57+,58+,59+,60+,61+,62+,89?,90?/m0/s1. The first-order chi connectivity index (χ1) is 43.8. The number of rotatable bonds is 18. The first-order valence-corrected chi connectivity index (χ1v) is 34.2. The molecule has 0 aromatic heterocycles. The second-order valence-electron chi connectivity index (χ2n) is 23.9. The summed E-state index contributed by atoms with van der Waals surface area (Å²) in [5.74, 6) is -9.06. The molecule has 508 valence electrons. The molecule has 0 N–H and O–H groups in total. The third kappa shape index (κ3) is 12.9. The van der Waals surface area contributed by atoms with Crippen molar-refractivity contribution in [2.75, 3.05) is 151 Å². The summed E-state index contributed by atoms with van der Waals surface area (Å²) in [6, 6.07) is 20.5. The van der Waals surface area contributed by atoms with Crippen LogP contribution in [0.1, 0.15) is 12.8 Å². The third-order valence-corrected chi connectivity index (χ3v) is 24.4. The average Bonchev–Trinajstić information content (AvgIpc) is 1.54. The first-order valence-electron chi connectivity index (χ1n) is 30.7. The predicted molar refractivity (Wildman–Crippen MR) is 320 cm³/mol. The Hall–Kier alpha value is -1.74. The molecule has 0 saturated carbocycles. The highest BCUT2D eigenvalue weighted by Gasteiger charge is 2.73. The molecule has 3 unspecified atom stereocenters. The van der Waals surface area contributed by atoms with Crippen LogP contribution in [-0.4, -0.2) is 309 Å². The van der Waals surface area contributed by atoms with Crippen molar-refractivity contribution in [1.29, 1.82) is 0 Å². The van der Waals surface area contributed by atoms with Crippen LogP contribution in [-0.2, 0) is 123 Å². The molecule has 0 amide bonds. The van der Waals surface area contributed by atoms with E-state index in [1.807, 2.05) is 36.4 Å². The van der Waals surface area contributed by atoms with Gasteiger partial charge in [-0.2, -0.15) is 0 Å². The Morgan fingerprint density at radius 2 is 0.756 bits per heavy atom. The second-order valence-corrected chi connectivity index (χ2v) is 28.5. The van der Waals surface area contributed by atoms with Gasteiger partial charge < -0.3 is 114 Å². The number of hydrogen-bond donors (Lipinski definition) is 0. The van der Waals surface area contributed by atoms with Gasteiger partial charge in [0.2, 0.25) is 11.6 Å². The minimum Gasteiger partial charge on any atom is -0.382 e. The highest BCUT2D eigenvalue weighted by molar-refractivity contribution is 7.66. The van der Waals surface area contributed by atoms with Gasteiger partial charge in [0.25, 0.3) is 0 Å². The van der Waals surface area contributed by atoms with Crippen LogP contribution >= 0.6 is 15.8 Å². The van der Waals surface area contributed by atoms with Crippen LogP contribution < -0.4 is 10.6 Å². The Balaban J connectivity index is 1.20. The molecule has 0 radical (unpaired) electrons. The lowest BCUT2D eigenvalue weighted by molar-refractivity contribution is -0.562. The van der Waals surface area contributed by atoms with Crippen LogP contribution in [0.5, 0.6) is 0 Å². The van der Waals surface area contributed by atoms with Crippen molar-refractivity contribution in [1.82, 2.24) is 0 Å². The molecule has 0 aliphatic carbocycles. The van der Waals surface area contributed by atoms with E-state index < -0.39 is 174 Å². The van der Waals surface area contributed by atoms with Gasteiger partial charge in [-0.15, -0.1) is 0 Å². The molecule has 2 aromatic carbocycles. The van der Waals surface area contributed by atoms with Crippen molar-refractivity contribution in [2.45, 2.75) is 171 Å². The lowest BCUT2D eigenvalue weighted by Crippen LogP contribution is -2.78. The molecular formula is C62H94O26P2. The zero-order valence-corrected chi connectivity index (χ0v) is 55.8. The fraction of sp³-hybridized carbons (Fsp3) is 0.806. The number of fused-ring (bicyclic) bond motifs is 2. The quantitative estimate of drug-likeness (QED) is 0.195. The summed E-state index contributed by atoms with van der Waals surface area (Å²) in [5.41, 5.74) is 0. The molecule has 90 heavy (non-hydrogen) atoms. The number of hydrogen-bond acceptors (Lipinski definition) is 26. The van der Waals surface area contributed by atoms with E-state index in [4.69, 9.17) is 123 Å². The SMILES string of the molecule is COC[C@H]1O[C@@H]2O[C@@]34O[C@]5(O[C@@H](C[C@H](OC)[C@H]5OC)CP(c5ccccc5)C[C@H]3OC[C@H](OC)[C@H]4OC)O[C@H]3[C@H](OC)[C@@H](OC)[C@H](O[C@@H]3COC)O[C@@]34O[C@]5(O[C@@H](C[C@H](OC)[C@H]5OC)CP(c5ccccc5)C[C@H]3OCC(OC)[C@H]4OC)O[C@H]1[C@H](OC)[C@H]2OC. The van der Waals surface area contributed by atoms with Gasteiger partial charge >= 0.3 is 11.9 Å². The summed E-state index contributed by atoms with van der Waals surface area (Å²) >= 11 is 0. The molecule has 12 saturated heterocycles. The predicted octanol–water partition coefficient (Wildman–Crippen LogP) is 2.48. The average molecular weight is 1320 g/mol. The molecular weight excluding hydrogens is 1220 g/mol. The molecule has 26 nitrogen and oxygen atoms in total. The van der Waals surface area contributed by atoms with E-state index in [1.54, 1.807) is 56.9 Å². The Morgan fingerprint density at radius 3 is 1.08 bits per heavy atom. The maximum absolute atomic E-state index is 7.98. The summed E-state index contributed by atoms with van der Waals surface area (Å²) in [4.78, 5) is 0. The molecule has 4 spiro atoms. The fourth-order valence-electron chi connectivity index (χ4n) is 15.0. The van der Waals surface area contributed by atoms with Crippen molar-refractivity contribution in [2.24, 2.45) is 0 Å². The van der Waals surface area contributed by atoms with Gasteiger partial charge in [-0.05, 0) is 22.9 Å². The molecule has 14 rings (SSSR count). The molecule has 12 fully saturated rings. The van der Waals surface area contributed by atoms with Gasteiger partial charge in [-0.3, -0.25) is 9.47 Å². The second kappa shape index (κ2) is 30.4. The maximum atomic E-state index is 7.98. The van der Waals surface area contributed by atoms with Crippen molar-refractivity contribution in [3.8, 4) is 0 Å². The van der Waals surface area contributed by atoms with E-state index in [0.717, 1.165) is 10.6 Å². The van der Waals surface area contributed by atoms with Crippen molar-refractivity contribution >= 4 is 26.5 Å². The van der Waals surface area contributed by atoms with Gasteiger partial charge in [0.1, 0.15) is 85.5 Å². The first kappa shape index (κ1) is 69.6. The molecule has 2 aromatic rings. The van der Waals surface area contributed by atoms with Gasteiger partial charge in [0.15, 0.2) is 24.8 Å². The molecule has 12 aliphatic heterocycles. The van der Waals surface area contributed by atoms with Gasteiger partial charge in [0, 0.05) is 125 Å². The van der Waals surface area contributed by atoms with E-state index in [2.05, 4.69) is 24.3 Å². The lowest BCUT2D eigenvalue weighted by atomic mass is 9.92. The van der Waals surface area contributed by atoms with Crippen molar-refractivity contribution in [3.05, 3.63) is 60.7 Å². The Labute approximate surface area is 530 Å². The molecule has 12 aliphatic rings. The van der Waals surface area contributed by atoms with E-state index in [9.17, 15) is 0 Å². The van der Waals surface area contributed by atoms with Crippen LogP contribution in [0.4, 0.5) is 0 Å². The van der Waals surface area contributed by atoms with Crippen LogP contribution in [0, 0.1) is 0 Å². The fourth-order valence-corrected chi connectivity index (χ4v) is 20.3. The van der Waals surface area contributed by atoms with E-state index in [0.29, 0.717) is 37.5 Å². The smallest absolute Gasteiger partial charge is 0.316 e. The Kier molecular flexibility index (Phi) is 23.5. The minimum atomic E-state index is -2.37. The summed E-state index contributed by atoms with van der Waals surface area (Å²) in [6.07, 6.45) is -21.2. The number of ether oxygens (including phenoxy) is 26. The summed E-state index contributed by atoms with van der Waals surface area (Å²) < 4.78 is 182. The van der Waals surface area contributed by atoms with E-state index in [-0.39, 0.29) is 26.4 Å². The Morgan fingerprint density at radius 1 is 0.389 bits per heavy atom. The molecule has 28 heteroatoms. The normalized spacial score (nSPS) is 46.6. The van der Waals surface area contributed by atoms with Gasteiger partial charge in [-0.1, -0.05) is 76.5 Å².